The van der Waals surface area contributed by atoms with Crippen molar-refractivity contribution in [3.05, 3.63) is 53.5 Å². The van der Waals surface area contributed by atoms with Gasteiger partial charge in [0.25, 0.3) is 5.91 Å². The van der Waals surface area contributed by atoms with E-state index in [-0.39, 0.29) is 11.9 Å². The number of H-pyrrole nitrogens is 2. The number of para-hydroxylation sites is 1. The Bertz CT molecular complexity index is 771. The first-order valence-electron chi connectivity index (χ1n) is 7.01. The molecular formula is C16H18N4O. The number of fused-ring (bicyclic) bond motifs is 1. The van der Waals surface area contributed by atoms with Crippen LogP contribution in [0.5, 0.6) is 0 Å². The van der Waals surface area contributed by atoms with Gasteiger partial charge in [0.05, 0.1) is 11.3 Å². The highest BCUT2D eigenvalue weighted by atomic mass is 16.1. The summed E-state index contributed by atoms with van der Waals surface area (Å²) in [6.45, 7) is 3.95. The molecule has 21 heavy (non-hydrogen) atoms. The Morgan fingerprint density at radius 3 is 2.95 bits per heavy atom. The van der Waals surface area contributed by atoms with E-state index < -0.39 is 0 Å². The van der Waals surface area contributed by atoms with Gasteiger partial charge in [-0.05, 0) is 26.0 Å². The molecule has 0 saturated carbocycles. The predicted molar refractivity (Wildman–Crippen MR) is 82.3 cm³/mol. The molecule has 108 valence electrons. The van der Waals surface area contributed by atoms with Crippen LogP contribution in [0.4, 0.5) is 0 Å². The summed E-state index contributed by atoms with van der Waals surface area (Å²) in [5.74, 6) is -0.0628. The maximum Gasteiger partial charge on any atom is 0.253 e. The van der Waals surface area contributed by atoms with E-state index in [1.54, 1.807) is 6.20 Å². The van der Waals surface area contributed by atoms with Crippen molar-refractivity contribution in [2.45, 2.75) is 26.3 Å². The van der Waals surface area contributed by atoms with Crippen LogP contribution in [0.15, 0.2) is 36.5 Å². The number of aryl methyl sites for hydroxylation is 1. The van der Waals surface area contributed by atoms with Gasteiger partial charge in [-0.1, -0.05) is 18.2 Å². The van der Waals surface area contributed by atoms with Crippen LogP contribution in [0.2, 0.25) is 0 Å². The average molecular weight is 282 g/mol. The number of amides is 1. The lowest BCUT2D eigenvalue weighted by Crippen LogP contribution is -2.34. The van der Waals surface area contributed by atoms with Crippen molar-refractivity contribution in [1.82, 2.24) is 20.5 Å². The minimum absolute atomic E-state index is 0.0221. The third-order valence-corrected chi connectivity index (χ3v) is 3.49. The number of rotatable bonds is 4. The highest BCUT2D eigenvalue weighted by Crippen LogP contribution is 2.17. The largest absolute Gasteiger partial charge is 0.360 e. The highest BCUT2D eigenvalue weighted by molar-refractivity contribution is 6.06. The van der Waals surface area contributed by atoms with Crippen molar-refractivity contribution in [3.63, 3.8) is 0 Å². The summed E-state index contributed by atoms with van der Waals surface area (Å²) in [5.41, 5.74) is 3.63. The molecule has 0 aliphatic heterocycles. The molecule has 5 nitrogen and oxygen atoms in total. The van der Waals surface area contributed by atoms with Crippen LogP contribution in [-0.4, -0.2) is 27.1 Å². The molecule has 5 heteroatoms. The zero-order valence-electron chi connectivity index (χ0n) is 12.1. The molecule has 1 amide bonds. The molecule has 1 atom stereocenters. The summed E-state index contributed by atoms with van der Waals surface area (Å²) < 4.78 is 0. The van der Waals surface area contributed by atoms with Gasteiger partial charge in [-0.2, -0.15) is 5.10 Å². The molecule has 0 bridgehead atoms. The van der Waals surface area contributed by atoms with E-state index in [9.17, 15) is 4.79 Å². The number of carbonyl (C=O) groups excluding carboxylic acids is 1. The number of nitrogens with one attached hydrogen (secondary N) is 3. The summed E-state index contributed by atoms with van der Waals surface area (Å²) in [6, 6.07) is 9.80. The molecule has 3 rings (SSSR count). The smallest absolute Gasteiger partial charge is 0.253 e. The van der Waals surface area contributed by atoms with E-state index in [1.165, 1.54) is 0 Å². The lowest BCUT2D eigenvalue weighted by atomic mass is 10.1. The Kier molecular flexibility index (Phi) is 3.48. The Morgan fingerprint density at radius 1 is 1.38 bits per heavy atom. The van der Waals surface area contributed by atoms with E-state index >= 15 is 0 Å². The van der Waals surface area contributed by atoms with E-state index in [0.29, 0.717) is 12.0 Å². The van der Waals surface area contributed by atoms with Crippen molar-refractivity contribution in [2.75, 3.05) is 0 Å². The van der Waals surface area contributed by atoms with Crippen LogP contribution in [0.1, 0.15) is 28.7 Å². The summed E-state index contributed by atoms with van der Waals surface area (Å²) in [7, 11) is 0. The predicted octanol–water partition coefficient (Wildman–Crippen LogP) is 2.56. The quantitative estimate of drug-likeness (QED) is 0.688. The molecule has 0 saturated heterocycles. The standard InChI is InChI=1S/C16H18N4O/c1-10(7-12-8-11(2)19-20-12)18-16(21)14-9-17-15-6-4-3-5-13(14)15/h3-6,8-10,17H,7H2,1-2H3,(H,18,21)(H,19,20)/t10-/m0/s1. The molecule has 0 spiro atoms. The monoisotopic (exact) mass is 282 g/mol. The summed E-state index contributed by atoms with van der Waals surface area (Å²) in [5, 5.41) is 11.1. The van der Waals surface area contributed by atoms with Gasteiger partial charge in [-0.15, -0.1) is 0 Å². The van der Waals surface area contributed by atoms with Crippen molar-refractivity contribution in [1.29, 1.82) is 0 Å². The highest BCUT2D eigenvalue weighted by Gasteiger charge is 2.15. The van der Waals surface area contributed by atoms with E-state index in [0.717, 1.165) is 22.3 Å². The lowest BCUT2D eigenvalue weighted by Gasteiger charge is -2.12. The number of aromatic nitrogens is 3. The second-order valence-corrected chi connectivity index (χ2v) is 5.37. The third-order valence-electron chi connectivity index (χ3n) is 3.49. The molecule has 2 aromatic heterocycles. The van der Waals surface area contributed by atoms with E-state index in [2.05, 4.69) is 20.5 Å². The molecule has 0 aliphatic rings. The number of nitrogens with zero attached hydrogens (tertiary/aromatic N) is 1. The number of carbonyl (C=O) groups is 1. The van der Waals surface area contributed by atoms with E-state index in [4.69, 9.17) is 0 Å². The molecule has 0 fully saturated rings. The summed E-state index contributed by atoms with van der Waals surface area (Å²) in [6.07, 6.45) is 2.46. The first kappa shape index (κ1) is 13.4. The lowest BCUT2D eigenvalue weighted by molar-refractivity contribution is 0.0941. The van der Waals surface area contributed by atoms with Crippen molar-refractivity contribution >= 4 is 16.8 Å². The maximum absolute atomic E-state index is 12.4. The molecule has 1 aromatic carbocycles. The zero-order valence-corrected chi connectivity index (χ0v) is 12.1. The van der Waals surface area contributed by atoms with Crippen LogP contribution in [-0.2, 0) is 6.42 Å². The number of hydrogen-bond acceptors (Lipinski definition) is 2. The first-order chi connectivity index (χ1) is 10.1. The van der Waals surface area contributed by atoms with Crippen LogP contribution < -0.4 is 5.32 Å². The second kappa shape index (κ2) is 5.44. The van der Waals surface area contributed by atoms with Crippen LogP contribution >= 0.6 is 0 Å². The van der Waals surface area contributed by atoms with Gasteiger partial charge in [-0.3, -0.25) is 9.89 Å². The molecule has 3 aromatic rings. The first-order valence-corrected chi connectivity index (χ1v) is 7.01. The number of aromatic amines is 2. The number of hydrogen-bond donors (Lipinski definition) is 3. The number of benzene rings is 1. The van der Waals surface area contributed by atoms with Gasteiger partial charge >= 0.3 is 0 Å². The average Bonchev–Trinajstić information content (AvgIpc) is 3.04. The molecule has 0 aliphatic carbocycles. The van der Waals surface area contributed by atoms with Gasteiger partial charge in [0.15, 0.2) is 0 Å². The van der Waals surface area contributed by atoms with Crippen LogP contribution in [0, 0.1) is 6.92 Å². The fourth-order valence-electron chi connectivity index (χ4n) is 2.50. The summed E-state index contributed by atoms with van der Waals surface area (Å²) in [4.78, 5) is 15.5. The van der Waals surface area contributed by atoms with Crippen LogP contribution in [0.25, 0.3) is 10.9 Å². The van der Waals surface area contributed by atoms with Crippen LogP contribution in [0.3, 0.4) is 0 Å². The topological polar surface area (TPSA) is 73.6 Å². The minimum atomic E-state index is -0.0628. The molecular weight excluding hydrogens is 264 g/mol. The normalized spacial score (nSPS) is 12.5. The van der Waals surface area contributed by atoms with Crippen molar-refractivity contribution < 1.29 is 4.79 Å². The fraction of sp³-hybridized carbons (Fsp3) is 0.250. The second-order valence-electron chi connectivity index (χ2n) is 5.37. The van der Waals surface area contributed by atoms with Gasteiger partial charge < -0.3 is 10.3 Å². The Balaban J connectivity index is 1.71. The summed E-state index contributed by atoms with van der Waals surface area (Å²) >= 11 is 0. The van der Waals surface area contributed by atoms with Gasteiger partial charge in [0, 0.05) is 35.3 Å². The molecule has 3 N–H and O–H groups in total. The zero-order chi connectivity index (χ0) is 14.8. The van der Waals surface area contributed by atoms with Gasteiger partial charge in [-0.25, -0.2) is 0 Å². The maximum atomic E-state index is 12.4. The molecule has 0 unspecified atom stereocenters. The van der Waals surface area contributed by atoms with Crippen molar-refractivity contribution in [2.24, 2.45) is 0 Å². The third kappa shape index (κ3) is 2.81. The minimum Gasteiger partial charge on any atom is -0.360 e. The molecule has 0 radical (unpaired) electrons. The Labute approximate surface area is 122 Å². The van der Waals surface area contributed by atoms with Crippen molar-refractivity contribution in [3.8, 4) is 0 Å². The Morgan fingerprint density at radius 2 is 2.19 bits per heavy atom. The van der Waals surface area contributed by atoms with Gasteiger partial charge in [0.2, 0.25) is 0 Å². The Hall–Kier alpha value is -2.56. The van der Waals surface area contributed by atoms with E-state index in [1.807, 2.05) is 44.2 Å². The fourth-order valence-corrected chi connectivity index (χ4v) is 2.50. The van der Waals surface area contributed by atoms with Gasteiger partial charge in [0.1, 0.15) is 0 Å². The SMILES string of the molecule is Cc1cc(C[C@H](C)NC(=O)c2c[nH]c3ccccc23)n[nH]1. The molecule has 2 heterocycles.